The summed E-state index contributed by atoms with van der Waals surface area (Å²) in [7, 11) is 0. The van der Waals surface area contributed by atoms with Gasteiger partial charge in [0.2, 0.25) is 11.0 Å². The van der Waals surface area contributed by atoms with E-state index in [2.05, 4.69) is 38.4 Å². The molecule has 0 bridgehead atoms. The summed E-state index contributed by atoms with van der Waals surface area (Å²) in [5, 5.41) is 6.58. The number of aromatic nitrogens is 1. The number of piperidine rings is 1. The van der Waals surface area contributed by atoms with Gasteiger partial charge in [0.25, 0.3) is 0 Å². The summed E-state index contributed by atoms with van der Waals surface area (Å²) < 4.78 is 5.81. The van der Waals surface area contributed by atoms with E-state index >= 15 is 0 Å². The van der Waals surface area contributed by atoms with Crippen molar-refractivity contribution in [1.29, 1.82) is 0 Å². The third-order valence-corrected chi connectivity index (χ3v) is 7.39. The number of carbonyl (C=O) groups is 1. The number of nitrogens with one attached hydrogen (secondary N) is 1. The van der Waals surface area contributed by atoms with E-state index in [9.17, 15) is 4.79 Å². The largest absolute Gasteiger partial charge is 0.494 e. The normalized spacial score (nSPS) is 14.8. The summed E-state index contributed by atoms with van der Waals surface area (Å²) in [4.78, 5) is 23.2. The second kappa shape index (κ2) is 12.9. The van der Waals surface area contributed by atoms with Gasteiger partial charge in [-0.2, -0.15) is 0 Å². The van der Waals surface area contributed by atoms with Gasteiger partial charge < -0.3 is 15.8 Å². The summed E-state index contributed by atoms with van der Waals surface area (Å²) >= 11 is 7.70. The lowest BCUT2D eigenvalue weighted by Gasteiger charge is -2.32. The van der Waals surface area contributed by atoms with Gasteiger partial charge in [0.05, 0.1) is 18.6 Å². The van der Waals surface area contributed by atoms with E-state index in [0.717, 1.165) is 60.1 Å². The van der Waals surface area contributed by atoms with Gasteiger partial charge in [-0.3, -0.25) is 9.69 Å². The third kappa shape index (κ3) is 7.53. The smallest absolute Gasteiger partial charge is 0.220 e. The number of likely N-dealkylation sites (tertiary alicyclic amines) is 1. The SMILES string of the molecule is Cc1ccc(CN2CCC(NC(=O)CCCOc3ccc(-c4csc(N=CN)n4)cc3)CC2)cc1Cl. The molecule has 2 aromatic carbocycles. The molecule has 0 atom stereocenters. The molecule has 7 nitrogen and oxygen atoms in total. The first-order valence-corrected chi connectivity index (χ1v) is 13.5. The minimum Gasteiger partial charge on any atom is -0.494 e. The summed E-state index contributed by atoms with van der Waals surface area (Å²) in [5.41, 5.74) is 9.50. The van der Waals surface area contributed by atoms with Crippen molar-refractivity contribution in [3.8, 4) is 17.0 Å². The van der Waals surface area contributed by atoms with Crippen molar-refractivity contribution in [3.63, 3.8) is 0 Å². The fraction of sp³-hybridized carbons (Fsp3) is 0.370. The van der Waals surface area contributed by atoms with E-state index < -0.39 is 0 Å². The molecule has 1 saturated heterocycles. The summed E-state index contributed by atoms with van der Waals surface area (Å²) in [6.45, 7) is 5.35. The number of benzene rings is 2. The standard InChI is InChI=1S/C27H32ClN5O2S/c1-19-4-5-20(15-24(19)28)16-33-12-10-22(11-13-33)31-26(34)3-2-14-35-23-8-6-21(7-9-23)25-17-36-27(32-25)30-18-29/h4-9,15,17-18,22H,2-3,10-14,16H2,1H3,(H,31,34)(H2,29,30,32). The van der Waals surface area contributed by atoms with Gasteiger partial charge in [-0.05, 0) is 67.6 Å². The Morgan fingerprint density at radius 2 is 2.06 bits per heavy atom. The molecule has 0 spiro atoms. The first kappa shape index (κ1) is 26.1. The number of nitrogens with two attached hydrogens (primary N) is 1. The molecular formula is C27H32ClN5O2S. The van der Waals surface area contributed by atoms with Gasteiger partial charge in [0.15, 0.2) is 0 Å². The van der Waals surface area contributed by atoms with Crippen LogP contribution in [0.25, 0.3) is 11.3 Å². The highest BCUT2D eigenvalue weighted by Gasteiger charge is 2.20. The predicted molar refractivity (Wildman–Crippen MR) is 147 cm³/mol. The van der Waals surface area contributed by atoms with E-state index in [0.29, 0.717) is 24.6 Å². The van der Waals surface area contributed by atoms with Crippen molar-refractivity contribution in [2.24, 2.45) is 10.7 Å². The second-order valence-corrected chi connectivity index (χ2v) is 10.2. The maximum atomic E-state index is 12.4. The molecule has 0 unspecified atom stereocenters. The molecule has 1 aromatic heterocycles. The Morgan fingerprint density at radius 1 is 1.28 bits per heavy atom. The lowest BCUT2D eigenvalue weighted by molar-refractivity contribution is -0.122. The van der Waals surface area contributed by atoms with Gasteiger partial charge in [0, 0.05) is 48.1 Å². The summed E-state index contributed by atoms with van der Waals surface area (Å²) in [6, 6.07) is 14.3. The van der Waals surface area contributed by atoms with E-state index in [1.807, 2.05) is 36.6 Å². The number of amides is 1. The lowest BCUT2D eigenvalue weighted by Crippen LogP contribution is -2.44. The van der Waals surface area contributed by atoms with E-state index in [4.69, 9.17) is 22.1 Å². The Balaban J connectivity index is 1.11. The van der Waals surface area contributed by atoms with Gasteiger partial charge in [-0.1, -0.05) is 23.7 Å². The van der Waals surface area contributed by atoms with Gasteiger partial charge in [-0.15, -0.1) is 11.3 Å². The van der Waals surface area contributed by atoms with Crippen LogP contribution in [-0.4, -0.2) is 47.9 Å². The van der Waals surface area contributed by atoms with Crippen LogP contribution >= 0.6 is 22.9 Å². The molecule has 1 aliphatic heterocycles. The number of carbonyl (C=O) groups excluding carboxylic acids is 1. The average Bonchev–Trinajstić information content (AvgIpc) is 3.35. The number of hydrogen-bond acceptors (Lipinski definition) is 6. The van der Waals surface area contributed by atoms with Gasteiger partial charge in [0.1, 0.15) is 5.75 Å². The van der Waals surface area contributed by atoms with E-state index in [1.165, 1.54) is 23.2 Å². The zero-order chi connectivity index (χ0) is 25.3. The summed E-state index contributed by atoms with van der Waals surface area (Å²) in [6.07, 6.45) is 4.31. The maximum Gasteiger partial charge on any atom is 0.220 e. The molecule has 1 aliphatic rings. The van der Waals surface area contributed by atoms with Crippen LogP contribution in [0.2, 0.25) is 5.02 Å². The molecule has 1 amide bonds. The molecular weight excluding hydrogens is 494 g/mol. The average molecular weight is 526 g/mol. The molecule has 0 saturated carbocycles. The molecule has 190 valence electrons. The minimum atomic E-state index is 0.0946. The minimum absolute atomic E-state index is 0.0946. The molecule has 4 rings (SSSR count). The number of aliphatic imine (C=N–C) groups is 1. The monoisotopic (exact) mass is 525 g/mol. The second-order valence-electron chi connectivity index (χ2n) is 8.97. The fourth-order valence-electron chi connectivity index (χ4n) is 4.19. The van der Waals surface area contributed by atoms with Crippen LogP contribution in [0.15, 0.2) is 52.8 Å². The highest BCUT2D eigenvalue weighted by Crippen LogP contribution is 2.27. The fourth-order valence-corrected chi connectivity index (χ4v) is 5.07. The number of ether oxygens (including phenoxy) is 1. The number of hydrogen-bond donors (Lipinski definition) is 2. The Morgan fingerprint density at radius 3 is 2.78 bits per heavy atom. The molecule has 0 aliphatic carbocycles. The quantitative estimate of drug-likeness (QED) is 0.212. The van der Waals surface area contributed by atoms with Crippen molar-refractivity contribution < 1.29 is 9.53 Å². The highest BCUT2D eigenvalue weighted by atomic mass is 35.5. The van der Waals surface area contributed by atoms with Crippen LogP contribution in [0, 0.1) is 6.92 Å². The Kier molecular flexibility index (Phi) is 9.33. The van der Waals surface area contributed by atoms with Crippen molar-refractivity contribution in [3.05, 3.63) is 64.0 Å². The van der Waals surface area contributed by atoms with Crippen LogP contribution in [0.1, 0.15) is 36.8 Å². The van der Waals surface area contributed by atoms with Crippen LogP contribution in [0.4, 0.5) is 5.13 Å². The van der Waals surface area contributed by atoms with Crippen LogP contribution in [0.5, 0.6) is 5.75 Å². The molecule has 0 radical (unpaired) electrons. The van der Waals surface area contributed by atoms with E-state index in [-0.39, 0.29) is 11.9 Å². The zero-order valence-corrected chi connectivity index (χ0v) is 22.0. The number of rotatable bonds is 10. The topological polar surface area (TPSA) is 92.8 Å². The molecule has 9 heteroatoms. The lowest BCUT2D eigenvalue weighted by atomic mass is 10.0. The number of aryl methyl sites for hydroxylation is 1. The number of thiazole rings is 1. The van der Waals surface area contributed by atoms with Gasteiger partial charge >= 0.3 is 0 Å². The molecule has 36 heavy (non-hydrogen) atoms. The van der Waals surface area contributed by atoms with Crippen LogP contribution in [-0.2, 0) is 11.3 Å². The summed E-state index contributed by atoms with van der Waals surface area (Å²) in [5.74, 6) is 0.869. The van der Waals surface area contributed by atoms with Gasteiger partial charge in [-0.25, -0.2) is 9.98 Å². The van der Waals surface area contributed by atoms with E-state index in [1.54, 1.807) is 0 Å². The zero-order valence-electron chi connectivity index (χ0n) is 20.5. The molecule has 2 heterocycles. The van der Waals surface area contributed by atoms with Crippen molar-refractivity contribution >= 4 is 40.3 Å². The maximum absolute atomic E-state index is 12.4. The van der Waals surface area contributed by atoms with Crippen LogP contribution < -0.4 is 15.8 Å². The number of nitrogens with zero attached hydrogens (tertiary/aromatic N) is 3. The first-order chi connectivity index (χ1) is 17.5. The van der Waals surface area contributed by atoms with Crippen LogP contribution in [0.3, 0.4) is 0 Å². The Hall–Kier alpha value is -2.94. The Bertz CT molecular complexity index is 1170. The van der Waals surface area contributed by atoms with Crippen molar-refractivity contribution in [2.75, 3.05) is 19.7 Å². The number of halogens is 1. The highest BCUT2D eigenvalue weighted by molar-refractivity contribution is 7.13. The predicted octanol–water partition coefficient (Wildman–Crippen LogP) is 5.33. The molecule has 3 N–H and O–H groups in total. The van der Waals surface area contributed by atoms with Crippen molar-refractivity contribution in [2.45, 2.75) is 45.2 Å². The van der Waals surface area contributed by atoms with Crippen molar-refractivity contribution in [1.82, 2.24) is 15.2 Å². The molecule has 3 aromatic rings. The molecule has 1 fully saturated rings. The Labute approximate surface area is 221 Å². The third-order valence-electron chi connectivity index (χ3n) is 6.24. The first-order valence-electron chi connectivity index (χ1n) is 12.2.